The Bertz CT molecular complexity index is 637. The van der Waals surface area contributed by atoms with Gasteiger partial charge in [-0.25, -0.2) is 4.98 Å². The fraction of sp³-hybridized carbons (Fsp3) is 0.143. The molecule has 0 saturated heterocycles. The average Bonchev–Trinajstić information content (AvgIpc) is 2.73. The van der Waals surface area contributed by atoms with E-state index in [2.05, 4.69) is 28.1 Å². The second-order valence-corrected chi connectivity index (χ2v) is 3.88. The summed E-state index contributed by atoms with van der Waals surface area (Å²) in [5.74, 6) is 0. The molecule has 3 heteroatoms. The van der Waals surface area contributed by atoms with Gasteiger partial charge >= 0.3 is 0 Å². The Morgan fingerprint density at radius 1 is 1.47 bits per heavy atom. The van der Waals surface area contributed by atoms with Gasteiger partial charge in [0.1, 0.15) is 0 Å². The molecule has 2 rings (SSSR count). The van der Waals surface area contributed by atoms with E-state index in [0.29, 0.717) is 0 Å². The van der Waals surface area contributed by atoms with Crippen LogP contribution in [0.2, 0.25) is 0 Å². The SMILES string of the molecule is C=C/C(Cc1nc[nH]c1C)=c1/cccnc1=C. The molecule has 0 amide bonds. The number of aromatic amines is 1. The second kappa shape index (κ2) is 4.78. The van der Waals surface area contributed by atoms with Gasteiger partial charge in [-0.3, -0.25) is 4.98 Å². The molecule has 3 nitrogen and oxygen atoms in total. The van der Waals surface area contributed by atoms with Gasteiger partial charge in [0, 0.05) is 23.5 Å². The summed E-state index contributed by atoms with van der Waals surface area (Å²) in [5, 5.41) is 1.81. The molecule has 2 aromatic rings. The zero-order valence-corrected chi connectivity index (χ0v) is 9.90. The highest BCUT2D eigenvalue weighted by molar-refractivity contribution is 5.58. The molecule has 1 N–H and O–H groups in total. The van der Waals surface area contributed by atoms with Crippen LogP contribution in [0.3, 0.4) is 0 Å². The van der Waals surface area contributed by atoms with Gasteiger partial charge in [0.15, 0.2) is 0 Å². The molecule has 0 saturated carbocycles. The summed E-state index contributed by atoms with van der Waals surface area (Å²) < 4.78 is 0. The smallest absolute Gasteiger partial charge is 0.0925 e. The van der Waals surface area contributed by atoms with Crippen LogP contribution in [-0.4, -0.2) is 15.0 Å². The van der Waals surface area contributed by atoms with Crippen LogP contribution in [0, 0.1) is 6.92 Å². The molecule has 0 aliphatic heterocycles. The number of pyridine rings is 1. The van der Waals surface area contributed by atoms with Gasteiger partial charge in [-0.1, -0.05) is 25.3 Å². The number of hydrogen-bond acceptors (Lipinski definition) is 2. The summed E-state index contributed by atoms with van der Waals surface area (Å²) >= 11 is 0. The Labute approximate surface area is 100 Å². The van der Waals surface area contributed by atoms with Crippen molar-refractivity contribution in [3.8, 4) is 0 Å². The fourth-order valence-corrected chi connectivity index (χ4v) is 1.75. The first-order chi connectivity index (χ1) is 8.22. The van der Waals surface area contributed by atoms with Crippen LogP contribution >= 0.6 is 0 Å². The molecule has 0 aliphatic rings. The third-order valence-corrected chi connectivity index (χ3v) is 2.77. The number of aromatic nitrogens is 3. The maximum Gasteiger partial charge on any atom is 0.0925 e. The van der Waals surface area contributed by atoms with Crippen molar-refractivity contribution in [3.05, 3.63) is 59.3 Å². The maximum absolute atomic E-state index is 4.29. The monoisotopic (exact) mass is 225 g/mol. The molecule has 0 aromatic carbocycles. The number of nitrogens with one attached hydrogen (secondary N) is 1. The van der Waals surface area contributed by atoms with Gasteiger partial charge in [-0.2, -0.15) is 0 Å². The van der Waals surface area contributed by atoms with Crippen LogP contribution in [0.4, 0.5) is 0 Å². The quantitative estimate of drug-likeness (QED) is 0.850. The number of rotatable bonds is 3. The molecule has 2 heterocycles. The predicted molar refractivity (Wildman–Crippen MR) is 69.6 cm³/mol. The van der Waals surface area contributed by atoms with E-state index in [1.807, 2.05) is 25.1 Å². The van der Waals surface area contributed by atoms with Crippen LogP contribution in [0.1, 0.15) is 11.4 Å². The largest absolute Gasteiger partial charge is 0.348 e. The topological polar surface area (TPSA) is 41.6 Å². The predicted octanol–water partition coefficient (Wildman–Crippen LogP) is 1.10. The lowest BCUT2D eigenvalue weighted by Gasteiger charge is -2.01. The first-order valence-corrected chi connectivity index (χ1v) is 5.47. The lowest BCUT2D eigenvalue weighted by molar-refractivity contribution is 1.12. The molecular formula is C14H15N3. The maximum atomic E-state index is 4.29. The normalized spacial score (nSPS) is 12.3. The van der Waals surface area contributed by atoms with Crippen molar-refractivity contribution >= 4 is 12.2 Å². The van der Waals surface area contributed by atoms with Crippen molar-refractivity contribution in [3.63, 3.8) is 0 Å². The molecular weight excluding hydrogens is 210 g/mol. The van der Waals surface area contributed by atoms with Crippen LogP contribution in [0.15, 0.2) is 37.3 Å². The summed E-state index contributed by atoms with van der Waals surface area (Å²) in [6, 6.07) is 3.92. The van der Waals surface area contributed by atoms with Gasteiger partial charge in [-0.05, 0) is 18.6 Å². The van der Waals surface area contributed by atoms with E-state index >= 15 is 0 Å². The molecule has 0 spiro atoms. The van der Waals surface area contributed by atoms with Crippen molar-refractivity contribution in [2.45, 2.75) is 13.3 Å². The number of allylic oxidation sites excluding steroid dienone is 1. The third kappa shape index (κ3) is 2.33. The molecule has 0 aliphatic carbocycles. The van der Waals surface area contributed by atoms with E-state index in [-0.39, 0.29) is 0 Å². The van der Waals surface area contributed by atoms with Gasteiger partial charge < -0.3 is 4.98 Å². The summed E-state index contributed by atoms with van der Waals surface area (Å²) in [6.07, 6.45) is 6.04. The van der Waals surface area contributed by atoms with E-state index in [1.54, 1.807) is 12.5 Å². The summed E-state index contributed by atoms with van der Waals surface area (Å²) in [7, 11) is 0. The Morgan fingerprint density at radius 3 is 2.88 bits per heavy atom. The number of nitrogens with zero attached hydrogens (tertiary/aromatic N) is 2. The number of hydrogen-bond donors (Lipinski definition) is 1. The summed E-state index contributed by atoms with van der Waals surface area (Å²) in [5.41, 5.74) is 3.21. The van der Waals surface area contributed by atoms with Crippen LogP contribution in [-0.2, 0) is 6.42 Å². The second-order valence-electron chi connectivity index (χ2n) is 3.88. The number of H-pyrrole nitrogens is 1. The standard InChI is InChI=1S/C14H15N3/c1-4-12(8-14-11(3)16-9-17-14)13-6-5-7-15-10(13)2/h4-7,9H,1-2,8H2,3H3,(H,16,17)/b13-12+. The molecule has 86 valence electrons. The number of imidazole rings is 1. The fourth-order valence-electron chi connectivity index (χ4n) is 1.75. The minimum absolute atomic E-state index is 0.743. The Hall–Kier alpha value is -2.16. The van der Waals surface area contributed by atoms with Crippen LogP contribution in [0.5, 0.6) is 0 Å². The van der Waals surface area contributed by atoms with E-state index in [4.69, 9.17) is 0 Å². The minimum atomic E-state index is 0.743. The van der Waals surface area contributed by atoms with Crippen molar-refractivity contribution in [2.75, 3.05) is 0 Å². The van der Waals surface area contributed by atoms with Crippen molar-refractivity contribution < 1.29 is 0 Å². The van der Waals surface area contributed by atoms with E-state index in [1.165, 1.54) is 0 Å². The van der Waals surface area contributed by atoms with Crippen molar-refractivity contribution in [1.29, 1.82) is 0 Å². The Kier molecular flexibility index (Phi) is 3.19. The lowest BCUT2D eigenvalue weighted by Crippen LogP contribution is -2.28. The average molecular weight is 225 g/mol. The molecule has 0 unspecified atom stereocenters. The van der Waals surface area contributed by atoms with E-state index in [9.17, 15) is 0 Å². The van der Waals surface area contributed by atoms with Gasteiger partial charge in [0.25, 0.3) is 0 Å². The zero-order chi connectivity index (χ0) is 12.3. The Morgan fingerprint density at radius 2 is 2.29 bits per heavy atom. The first-order valence-electron chi connectivity index (χ1n) is 5.47. The van der Waals surface area contributed by atoms with Crippen molar-refractivity contribution in [1.82, 2.24) is 15.0 Å². The minimum Gasteiger partial charge on any atom is -0.348 e. The van der Waals surface area contributed by atoms with Gasteiger partial charge in [0.05, 0.1) is 17.4 Å². The molecule has 0 atom stereocenters. The van der Waals surface area contributed by atoms with Crippen LogP contribution in [0.25, 0.3) is 12.2 Å². The summed E-state index contributed by atoms with van der Waals surface area (Å²) in [4.78, 5) is 11.6. The third-order valence-electron chi connectivity index (χ3n) is 2.77. The highest BCUT2D eigenvalue weighted by Gasteiger charge is 2.03. The van der Waals surface area contributed by atoms with Crippen LogP contribution < -0.4 is 10.6 Å². The molecule has 17 heavy (non-hydrogen) atoms. The molecule has 0 radical (unpaired) electrons. The molecule has 0 bridgehead atoms. The lowest BCUT2D eigenvalue weighted by atomic mass is 10.1. The Balaban J connectivity index is 2.52. The van der Waals surface area contributed by atoms with E-state index < -0.39 is 0 Å². The highest BCUT2D eigenvalue weighted by Crippen LogP contribution is 2.08. The first kappa shape index (κ1) is 11.3. The van der Waals surface area contributed by atoms with Crippen molar-refractivity contribution in [2.24, 2.45) is 0 Å². The van der Waals surface area contributed by atoms with Gasteiger partial charge in [0.2, 0.25) is 0 Å². The molecule has 0 fully saturated rings. The summed E-state index contributed by atoms with van der Waals surface area (Å²) in [6.45, 7) is 9.80. The zero-order valence-electron chi connectivity index (χ0n) is 9.90. The highest BCUT2D eigenvalue weighted by atomic mass is 14.9. The van der Waals surface area contributed by atoms with E-state index in [0.717, 1.165) is 33.9 Å². The van der Waals surface area contributed by atoms with Gasteiger partial charge in [-0.15, -0.1) is 0 Å². The number of aryl methyl sites for hydroxylation is 1. The molecule has 2 aromatic heterocycles.